The van der Waals surface area contributed by atoms with Crippen molar-refractivity contribution < 1.29 is 4.79 Å². The lowest BCUT2D eigenvalue weighted by atomic mass is 9.87. The SMILES string of the molecule is Cc1ncsc1C(=O)/C=C/c1ccc(C(C)(C)C)cc1. The van der Waals surface area contributed by atoms with E-state index in [1.807, 2.05) is 25.1 Å². The maximum absolute atomic E-state index is 12.0. The quantitative estimate of drug-likeness (QED) is 0.607. The van der Waals surface area contributed by atoms with Crippen LogP contribution in [0.2, 0.25) is 0 Å². The minimum absolute atomic E-state index is 0.0184. The predicted molar refractivity (Wildman–Crippen MR) is 85.4 cm³/mol. The van der Waals surface area contributed by atoms with E-state index in [2.05, 4.69) is 37.9 Å². The number of benzene rings is 1. The van der Waals surface area contributed by atoms with Gasteiger partial charge in [-0.3, -0.25) is 4.79 Å². The third-order valence-electron chi connectivity index (χ3n) is 3.17. The van der Waals surface area contributed by atoms with Crippen LogP contribution in [-0.4, -0.2) is 10.8 Å². The zero-order valence-corrected chi connectivity index (χ0v) is 13.1. The summed E-state index contributed by atoms with van der Waals surface area (Å²) < 4.78 is 0. The number of hydrogen-bond donors (Lipinski definition) is 0. The van der Waals surface area contributed by atoms with Gasteiger partial charge in [-0.25, -0.2) is 4.98 Å². The maximum atomic E-state index is 12.0. The van der Waals surface area contributed by atoms with Crippen molar-refractivity contribution >= 4 is 23.2 Å². The van der Waals surface area contributed by atoms with Crippen LogP contribution in [0.5, 0.6) is 0 Å². The van der Waals surface area contributed by atoms with Crippen LogP contribution in [0.15, 0.2) is 35.9 Å². The molecule has 1 aromatic heterocycles. The van der Waals surface area contributed by atoms with Gasteiger partial charge < -0.3 is 0 Å². The highest BCUT2D eigenvalue weighted by atomic mass is 32.1. The monoisotopic (exact) mass is 285 g/mol. The van der Waals surface area contributed by atoms with Gasteiger partial charge in [-0.2, -0.15) is 0 Å². The number of nitrogens with zero attached hydrogens (tertiary/aromatic N) is 1. The molecule has 20 heavy (non-hydrogen) atoms. The van der Waals surface area contributed by atoms with E-state index in [0.717, 1.165) is 11.3 Å². The van der Waals surface area contributed by atoms with Crippen molar-refractivity contribution in [3.05, 3.63) is 57.6 Å². The Morgan fingerprint density at radius 1 is 1.20 bits per heavy atom. The van der Waals surface area contributed by atoms with Crippen LogP contribution in [0.1, 0.15) is 47.3 Å². The summed E-state index contributed by atoms with van der Waals surface area (Å²) in [7, 11) is 0. The predicted octanol–water partition coefficient (Wildman–Crippen LogP) is 4.65. The summed E-state index contributed by atoms with van der Waals surface area (Å²) in [5, 5.41) is 0. The second-order valence-corrected chi connectivity index (χ2v) is 6.69. The Hall–Kier alpha value is -1.74. The first-order valence-electron chi connectivity index (χ1n) is 6.61. The molecule has 2 aromatic rings. The van der Waals surface area contributed by atoms with Crippen LogP contribution in [-0.2, 0) is 5.41 Å². The molecule has 0 fully saturated rings. The second-order valence-electron chi connectivity index (χ2n) is 5.84. The van der Waals surface area contributed by atoms with Crippen molar-refractivity contribution in [2.45, 2.75) is 33.1 Å². The molecule has 0 saturated heterocycles. The summed E-state index contributed by atoms with van der Waals surface area (Å²) in [6.45, 7) is 8.42. The number of ketones is 1. The molecule has 0 amide bonds. The first-order chi connectivity index (χ1) is 9.38. The van der Waals surface area contributed by atoms with Gasteiger partial charge in [0.15, 0.2) is 5.78 Å². The Morgan fingerprint density at radius 2 is 1.85 bits per heavy atom. The fourth-order valence-electron chi connectivity index (χ4n) is 1.88. The zero-order chi connectivity index (χ0) is 14.8. The van der Waals surface area contributed by atoms with Crippen molar-refractivity contribution in [1.29, 1.82) is 0 Å². The molecular weight excluding hydrogens is 266 g/mol. The number of rotatable bonds is 3. The molecule has 0 N–H and O–H groups in total. The molecule has 0 unspecified atom stereocenters. The molecule has 0 bridgehead atoms. The number of allylic oxidation sites excluding steroid dienone is 1. The van der Waals surface area contributed by atoms with Gasteiger partial charge in [0.2, 0.25) is 0 Å². The Bertz CT molecular complexity index is 630. The summed E-state index contributed by atoms with van der Waals surface area (Å²) in [4.78, 5) is 16.8. The average Bonchev–Trinajstić information content (AvgIpc) is 2.82. The lowest BCUT2D eigenvalue weighted by Gasteiger charge is -2.18. The van der Waals surface area contributed by atoms with E-state index in [4.69, 9.17) is 0 Å². The highest BCUT2D eigenvalue weighted by molar-refractivity contribution is 7.12. The summed E-state index contributed by atoms with van der Waals surface area (Å²) in [6.07, 6.45) is 3.47. The fraction of sp³-hybridized carbons (Fsp3) is 0.294. The number of aromatic nitrogens is 1. The van der Waals surface area contributed by atoms with E-state index in [-0.39, 0.29) is 11.2 Å². The molecule has 1 heterocycles. The van der Waals surface area contributed by atoms with E-state index in [1.54, 1.807) is 11.6 Å². The van der Waals surface area contributed by atoms with E-state index in [0.29, 0.717) is 4.88 Å². The highest BCUT2D eigenvalue weighted by Crippen LogP contribution is 2.22. The number of carbonyl (C=O) groups is 1. The molecule has 2 nitrogen and oxygen atoms in total. The third-order valence-corrected chi connectivity index (χ3v) is 4.12. The molecule has 0 atom stereocenters. The Balaban J connectivity index is 2.12. The maximum Gasteiger partial charge on any atom is 0.197 e. The molecule has 2 rings (SSSR count). The lowest BCUT2D eigenvalue weighted by molar-refractivity contribution is 0.105. The highest BCUT2D eigenvalue weighted by Gasteiger charge is 2.12. The molecule has 0 spiro atoms. The summed E-state index contributed by atoms with van der Waals surface area (Å²) >= 11 is 1.39. The fourth-order valence-corrected chi connectivity index (χ4v) is 2.60. The minimum Gasteiger partial charge on any atom is -0.288 e. The second kappa shape index (κ2) is 5.71. The smallest absolute Gasteiger partial charge is 0.197 e. The Labute approximate surface area is 124 Å². The van der Waals surface area contributed by atoms with Crippen LogP contribution < -0.4 is 0 Å². The first-order valence-corrected chi connectivity index (χ1v) is 7.49. The van der Waals surface area contributed by atoms with Crippen molar-refractivity contribution in [2.75, 3.05) is 0 Å². The van der Waals surface area contributed by atoms with Crippen LogP contribution >= 0.6 is 11.3 Å². The van der Waals surface area contributed by atoms with Gasteiger partial charge in [-0.05, 0) is 29.5 Å². The molecule has 1 aromatic carbocycles. The average molecular weight is 285 g/mol. The minimum atomic E-state index is 0.0184. The number of aryl methyl sites for hydroxylation is 1. The molecule has 3 heteroatoms. The number of hydrogen-bond acceptors (Lipinski definition) is 3. The van der Waals surface area contributed by atoms with Crippen molar-refractivity contribution in [3.63, 3.8) is 0 Å². The van der Waals surface area contributed by atoms with Crippen molar-refractivity contribution in [3.8, 4) is 0 Å². The Kier molecular flexibility index (Phi) is 4.19. The molecule has 0 saturated carbocycles. The number of thiazole rings is 1. The summed E-state index contributed by atoms with van der Waals surface area (Å²) in [5.41, 5.74) is 4.98. The topological polar surface area (TPSA) is 30.0 Å². The van der Waals surface area contributed by atoms with Gasteiger partial charge in [0.05, 0.1) is 16.1 Å². The van der Waals surface area contributed by atoms with Crippen molar-refractivity contribution in [1.82, 2.24) is 4.98 Å². The van der Waals surface area contributed by atoms with E-state index >= 15 is 0 Å². The van der Waals surface area contributed by atoms with E-state index < -0.39 is 0 Å². The van der Waals surface area contributed by atoms with Crippen LogP contribution in [0.25, 0.3) is 6.08 Å². The van der Waals surface area contributed by atoms with Gasteiger partial charge in [-0.15, -0.1) is 11.3 Å². The third kappa shape index (κ3) is 3.42. The molecule has 104 valence electrons. The number of carbonyl (C=O) groups excluding carboxylic acids is 1. The van der Waals surface area contributed by atoms with Crippen LogP contribution in [0.4, 0.5) is 0 Å². The summed E-state index contributed by atoms with van der Waals surface area (Å²) in [6, 6.07) is 8.32. The first kappa shape index (κ1) is 14.7. The molecule has 0 aliphatic heterocycles. The molecule has 0 aliphatic carbocycles. The van der Waals surface area contributed by atoms with Gasteiger partial charge in [0.25, 0.3) is 0 Å². The van der Waals surface area contributed by atoms with Gasteiger partial charge in [0.1, 0.15) is 0 Å². The van der Waals surface area contributed by atoms with Gasteiger partial charge >= 0.3 is 0 Å². The van der Waals surface area contributed by atoms with Gasteiger partial charge in [0, 0.05) is 0 Å². The molecule has 0 aliphatic rings. The lowest BCUT2D eigenvalue weighted by Crippen LogP contribution is -2.10. The summed E-state index contributed by atoms with van der Waals surface area (Å²) in [5.74, 6) is 0.0184. The van der Waals surface area contributed by atoms with Gasteiger partial charge in [-0.1, -0.05) is 51.1 Å². The Morgan fingerprint density at radius 3 is 2.35 bits per heavy atom. The van der Waals surface area contributed by atoms with E-state index in [9.17, 15) is 4.79 Å². The van der Waals surface area contributed by atoms with Crippen molar-refractivity contribution in [2.24, 2.45) is 0 Å². The molecule has 0 radical (unpaired) electrons. The van der Waals surface area contributed by atoms with Crippen LogP contribution in [0.3, 0.4) is 0 Å². The standard InChI is InChI=1S/C17H19NOS/c1-12-16(20-11-18-12)15(19)10-7-13-5-8-14(9-6-13)17(2,3)4/h5-11H,1-4H3/b10-7+. The largest absolute Gasteiger partial charge is 0.288 e. The van der Waals surface area contributed by atoms with E-state index in [1.165, 1.54) is 16.9 Å². The zero-order valence-electron chi connectivity index (χ0n) is 12.3. The van der Waals surface area contributed by atoms with Crippen LogP contribution in [0, 0.1) is 6.92 Å². The molecular formula is C17H19NOS. The normalized spacial score (nSPS) is 12.0.